The fourth-order valence-corrected chi connectivity index (χ4v) is 2.66. The number of nitrogens with one attached hydrogen (secondary N) is 2. The zero-order chi connectivity index (χ0) is 16.2. The van der Waals surface area contributed by atoms with Crippen molar-refractivity contribution in [2.75, 3.05) is 30.3 Å². The van der Waals surface area contributed by atoms with E-state index in [1.54, 1.807) is 17.3 Å². The summed E-state index contributed by atoms with van der Waals surface area (Å²) in [5.41, 5.74) is 0.288. The van der Waals surface area contributed by atoms with Gasteiger partial charge in [0.1, 0.15) is 11.4 Å². The van der Waals surface area contributed by atoms with Gasteiger partial charge < -0.3 is 15.5 Å². The number of nitrogens with zero attached hydrogens (tertiary/aromatic N) is 2. The Morgan fingerprint density at radius 1 is 1.04 bits per heavy atom. The Morgan fingerprint density at radius 3 is 2.30 bits per heavy atom. The van der Waals surface area contributed by atoms with Crippen LogP contribution in [0.5, 0.6) is 0 Å². The molecule has 2 heterocycles. The molecule has 0 atom stereocenters. The molecule has 2 aromatic rings. The minimum Gasteiger partial charge on any atom is -0.376 e. The van der Waals surface area contributed by atoms with E-state index in [0.29, 0.717) is 6.54 Å². The molecular formula is C16H18N4O3. The van der Waals surface area contributed by atoms with E-state index in [0.717, 1.165) is 31.5 Å². The summed E-state index contributed by atoms with van der Waals surface area (Å²) >= 11 is 0. The van der Waals surface area contributed by atoms with Crippen molar-refractivity contribution in [2.45, 2.75) is 19.4 Å². The van der Waals surface area contributed by atoms with Crippen molar-refractivity contribution < 1.29 is 4.79 Å². The summed E-state index contributed by atoms with van der Waals surface area (Å²) in [5.74, 6) is -0.0457. The summed E-state index contributed by atoms with van der Waals surface area (Å²) in [5, 5.41) is 5.76. The molecule has 0 radical (unpaired) electrons. The van der Waals surface area contributed by atoms with Crippen LogP contribution in [0.4, 0.5) is 11.4 Å². The zero-order valence-electron chi connectivity index (χ0n) is 12.7. The molecule has 7 nitrogen and oxygen atoms in total. The lowest BCUT2D eigenvalue weighted by Crippen LogP contribution is -2.40. The normalized spacial score (nSPS) is 14.2. The number of rotatable bonds is 6. The highest BCUT2D eigenvalue weighted by Gasteiger charge is 2.23. The molecule has 1 aromatic carbocycles. The number of pyridine rings is 1. The van der Waals surface area contributed by atoms with Gasteiger partial charge in [-0.05, 0) is 30.5 Å². The van der Waals surface area contributed by atoms with Crippen LogP contribution < -0.4 is 21.5 Å². The maximum atomic E-state index is 12.0. The largest absolute Gasteiger partial charge is 0.376 e. The first-order chi connectivity index (χ1) is 11.2. The average Bonchev–Trinajstić information content (AvgIpc) is 3.12. The quantitative estimate of drug-likeness (QED) is 0.746. The number of amides is 1. The number of carbonyl (C=O) groups excluding carboxylic acids is 1. The fraction of sp³-hybridized carbons (Fsp3) is 0.375. The van der Waals surface area contributed by atoms with E-state index in [1.807, 2.05) is 12.1 Å². The summed E-state index contributed by atoms with van der Waals surface area (Å²) < 4.78 is 0. The van der Waals surface area contributed by atoms with Gasteiger partial charge in [0.2, 0.25) is 5.91 Å². The van der Waals surface area contributed by atoms with Crippen molar-refractivity contribution in [3.63, 3.8) is 0 Å². The van der Waals surface area contributed by atoms with Gasteiger partial charge in [-0.1, -0.05) is 0 Å². The summed E-state index contributed by atoms with van der Waals surface area (Å²) in [6.07, 6.45) is 5.36. The maximum Gasteiger partial charge on any atom is 0.253 e. The van der Waals surface area contributed by atoms with Gasteiger partial charge in [-0.2, -0.15) is 0 Å². The van der Waals surface area contributed by atoms with Crippen molar-refractivity contribution in [3.8, 4) is 0 Å². The number of hydrogen-bond acceptors (Lipinski definition) is 6. The van der Waals surface area contributed by atoms with Gasteiger partial charge >= 0.3 is 0 Å². The molecule has 1 amide bonds. The molecule has 120 valence electrons. The number of likely N-dealkylation sites (tertiary alicyclic amines) is 1. The third kappa shape index (κ3) is 3.23. The smallest absolute Gasteiger partial charge is 0.253 e. The molecule has 1 aliphatic heterocycles. The Balaban J connectivity index is 1.59. The predicted octanol–water partition coefficient (Wildman–Crippen LogP) is 0.324. The highest BCUT2D eigenvalue weighted by molar-refractivity contribution is 5.84. The van der Waals surface area contributed by atoms with Crippen LogP contribution in [-0.2, 0) is 11.3 Å². The molecule has 2 N–H and O–H groups in total. The first-order valence-corrected chi connectivity index (χ1v) is 7.64. The number of hydrogen-bond donors (Lipinski definition) is 2. The van der Waals surface area contributed by atoms with E-state index in [-0.39, 0.29) is 23.8 Å². The highest BCUT2D eigenvalue weighted by Crippen LogP contribution is 2.16. The molecule has 23 heavy (non-hydrogen) atoms. The third-order valence-electron chi connectivity index (χ3n) is 4.00. The van der Waals surface area contributed by atoms with Crippen LogP contribution in [0.3, 0.4) is 0 Å². The summed E-state index contributed by atoms with van der Waals surface area (Å²) in [6, 6.07) is 3.64. The summed E-state index contributed by atoms with van der Waals surface area (Å²) in [6.45, 7) is 1.98. The van der Waals surface area contributed by atoms with Crippen LogP contribution in [0, 0.1) is 0 Å². The molecule has 1 aliphatic rings. The molecule has 0 unspecified atom stereocenters. The summed E-state index contributed by atoms with van der Waals surface area (Å²) in [4.78, 5) is 41.0. The Labute approximate surface area is 133 Å². The highest BCUT2D eigenvalue weighted by atomic mass is 16.2. The molecule has 0 aliphatic carbocycles. The van der Waals surface area contributed by atoms with E-state index >= 15 is 0 Å². The lowest BCUT2D eigenvalue weighted by Gasteiger charge is -2.18. The second kappa shape index (κ2) is 6.60. The SMILES string of the molecule is O=C(CNc1c(NCc2ccncc2)c(=O)c1=O)N1CCCC1. The van der Waals surface area contributed by atoms with Crippen molar-refractivity contribution in [3.05, 3.63) is 50.5 Å². The molecule has 1 saturated heterocycles. The van der Waals surface area contributed by atoms with Crippen molar-refractivity contribution >= 4 is 17.3 Å². The van der Waals surface area contributed by atoms with Crippen LogP contribution in [0.1, 0.15) is 18.4 Å². The monoisotopic (exact) mass is 314 g/mol. The van der Waals surface area contributed by atoms with Gasteiger partial charge in [0.05, 0.1) is 6.54 Å². The van der Waals surface area contributed by atoms with Crippen molar-refractivity contribution in [1.82, 2.24) is 9.88 Å². The summed E-state index contributed by atoms with van der Waals surface area (Å²) in [7, 11) is 0. The average molecular weight is 314 g/mol. The Bertz CT molecular complexity index is 759. The fourth-order valence-electron chi connectivity index (χ4n) is 2.66. The lowest BCUT2D eigenvalue weighted by molar-refractivity contribution is -0.128. The minimum absolute atomic E-state index is 0.0365. The topological polar surface area (TPSA) is 91.4 Å². The molecule has 0 bridgehead atoms. The van der Waals surface area contributed by atoms with Crippen LogP contribution in [0.2, 0.25) is 0 Å². The van der Waals surface area contributed by atoms with Gasteiger partial charge in [0.25, 0.3) is 10.9 Å². The molecular weight excluding hydrogens is 296 g/mol. The first-order valence-electron chi connectivity index (χ1n) is 7.64. The molecule has 3 rings (SSSR count). The van der Waals surface area contributed by atoms with E-state index in [9.17, 15) is 14.4 Å². The van der Waals surface area contributed by atoms with E-state index in [1.165, 1.54) is 0 Å². The van der Waals surface area contributed by atoms with Crippen LogP contribution in [0.15, 0.2) is 34.1 Å². The van der Waals surface area contributed by atoms with E-state index in [4.69, 9.17) is 0 Å². The Kier molecular flexibility index (Phi) is 4.36. The molecule has 1 fully saturated rings. The Hall–Kier alpha value is -2.70. The second-order valence-electron chi connectivity index (χ2n) is 5.56. The van der Waals surface area contributed by atoms with Gasteiger partial charge in [-0.25, -0.2) is 0 Å². The van der Waals surface area contributed by atoms with Gasteiger partial charge in [-0.3, -0.25) is 19.4 Å². The van der Waals surface area contributed by atoms with E-state index < -0.39 is 10.9 Å². The standard InChI is InChI=1S/C16H18N4O3/c21-12(20-7-1-2-8-20)10-19-14-13(15(22)16(14)23)18-9-11-3-5-17-6-4-11/h3-6,18-19H,1-2,7-10H2. The molecule has 0 saturated carbocycles. The first kappa shape index (κ1) is 15.2. The van der Waals surface area contributed by atoms with Gasteiger partial charge in [0, 0.05) is 32.0 Å². The van der Waals surface area contributed by atoms with Crippen LogP contribution in [-0.4, -0.2) is 35.4 Å². The molecule has 0 spiro atoms. The zero-order valence-corrected chi connectivity index (χ0v) is 12.7. The van der Waals surface area contributed by atoms with Gasteiger partial charge in [0.15, 0.2) is 0 Å². The van der Waals surface area contributed by atoms with E-state index in [2.05, 4.69) is 15.6 Å². The number of aromatic nitrogens is 1. The lowest BCUT2D eigenvalue weighted by atomic mass is 10.1. The molecule has 7 heteroatoms. The second-order valence-corrected chi connectivity index (χ2v) is 5.56. The van der Waals surface area contributed by atoms with Crippen LogP contribution in [0.25, 0.3) is 0 Å². The minimum atomic E-state index is -0.573. The number of anilines is 2. The van der Waals surface area contributed by atoms with Crippen molar-refractivity contribution in [2.24, 2.45) is 0 Å². The number of carbonyl (C=O) groups is 1. The Morgan fingerprint density at radius 2 is 1.65 bits per heavy atom. The molecule has 1 aromatic heterocycles. The van der Waals surface area contributed by atoms with Crippen molar-refractivity contribution in [1.29, 1.82) is 0 Å². The van der Waals surface area contributed by atoms with Gasteiger partial charge in [-0.15, -0.1) is 0 Å². The predicted molar refractivity (Wildman–Crippen MR) is 87.2 cm³/mol. The van der Waals surface area contributed by atoms with Crippen LogP contribution >= 0.6 is 0 Å². The third-order valence-corrected chi connectivity index (χ3v) is 4.00. The maximum absolute atomic E-state index is 12.0.